The van der Waals surface area contributed by atoms with Crippen LogP contribution in [0, 0.1) is 6.92 Å². The van der Waals surface area contributed by atoms with Gasteiger partial charge in [-0.3, -0.25) is 0 Å². The van der Waals surface area contributed by atoms with Crippen molar-refractivity contribution < 1.29 is 5.11 Å². The summed E-state index contributed by atoms with van der Waals surface area (Å²) < 4.78 is 0. The minimum Gasteiger partial charge on any atom is -0.506 e. The van der Waals surface area contributed by atoms with E-state index in [0.29, 0.717) is 0 Å². The van der Waals surface area contributed by atoms with E-state index in [2.05, 4.69) is 20.2 Å². The fourth-order valence-corrected chi connectivity index (χ4v) is 2.54. The van der Waals surface area contributed by atoms with E-state index in [0.717, 1.165) is 35.9 Å². The van der Waals surface area contributed by atoms with Gasteiger partial charge in [0.25, 0.3) is 0 Å². The standard InChI is InChI=1S/C15H18N4O/c1-10-16-9-11-12(7-8-19(2)15(11)17-10)18-13-5-3-4-6-14(13)20/h3-6,9,12,18,20H,7-8H2,1-2H3. The molecule has 0 radical (unpaired) electrons. The van der Waals surface area contributed by atoms with Crippen molar-refractivity contribution >= 4 is 11.5 Å². The molecule has 1 atom stereocenters. The van der Waals surface area contributed by atoms with Gasteiger partial charge in [0.15, 0.2) is 0 Å². The number of phenols is 1. The van der Waals surface area contributed by atoms with E-state index >= 15 is 0 Å². The van der Waals surface area contributed by atoms with E-state index in [-0.39, 0.29) is 11.8 Å². The molecule has 0 saturated carbocycles. The number of aryl methyl sites for hydroxylation is 1. The number of para-hydroxylation sites is 2. The number of phenolic OH excluding ortho intramolecular Hbond substituents is 1. The maximum absolute atomic E-state index is 9.88. The lowest BCUT2D eigenvalue weighted by molar-refractivity contribution is 0.475. The molecule has 5 heteroatoms. The molecule has 0 fully saturated rings. The van der Waals surface area contributed by atoms with E-state index in [4.69, 9.17) is 0 Å². The van der Waals surface area contributed by atoms with Crippen LogP contribution in [0.5, 0.6) is 5.75 Å². The number of anilines is 2. The second-order valence-corrected chi connectivity index (χ2v) is 5.12. The third-order valence-electron chi connectivity index (χ3n) is 3.64. The van der Waals surface area contributed by atoms with Crippen molar-refractivity contribution in [3.63, 3.8) is 0 Å². The number of benzene rings is 1. The molecule has 2 aromatic rings. The van der Waals surface area contributed by atoms with Gasteiger partial charge in [0.1, 0.15) is 17.4 Å². The minimum absolute atomic E-state index is 0.120. The Labute approximate surface area is 118 Å². The van der Waals surface area contributed by atoms with Crippen molar-refractivity contribution in [3.05, 3.63) is 41.9 Å². The smallest absolute Gasteiger partial charge is 0.138 e. The Morgan fingerprint density at radius 3 is 2.95 bits per heavy atom. The summed E-state index contributed by atoms with van der Waals surface area (Å²) >= 11 is 0. The third kappa shape index (κ3) is 2.27. The number of hydrogen-bond donors (Lipinski definition) is 2. The lowest BCUT2D eigenvalue weighted by Gasteiger charge is -2.32. The Balaban J connectivity index is 1.93. The molecule has 0 bridgehead atoms. The van der Waals surface area contributed by atoms with Crippen LogP contribution in [-0.2, 0) is 0 Å². The average Bonchev–Trinajstić information content (AvgIpc) is 2.44. The summed E-state index contributed by atoms with van der Waals surface area (Å²) in [5.41, 5.74) is 1.82. The fourth-order valence-electron chi connectivity index (χ4n) is 2.54. The molecule has 20 heavy (non-hydrogen) atoms. The molecule has 0 saturated heterocycles. The Kier molecular flexibility index (Phi) is 3.18. The number of aromatic nitrogens is 2. The van der Waals surface area contributed by atoms with Gasteiger partial charge in [-0.05, 0) is 25.5 Å². The van der Waals surface area contributed by atoms with Crippen LogP contribution in [0.25, 0.3) is 0 Å². The molecule has 0 spiro atoms. The van der Waals surface area contributed by atoms with E-state index in [1.165, 1.54) is 0 Å². The van der Waals surface area contributed by atoms with Gasteiger partial charge < -0.3 is 15.3 Å². The maximum atomic E-state index is 9.88. The van der Waals surface area contributed by atoms with Crippen LogP contribution < -0.4 is 10.2 Å². The lowest BCUT2D eigenvalue weighted by Crippen LogP contribution is -2.31. The highest BCUT2D eigenvalue weighted by Gasteiger charge is 2.25. The molecular weight excluding hydrogens is 252 g/mol. The molecule has 1 unspecified atom stereocenters. The van der Waals surface area contributed by atoms with Crippen molar-refractivity contribution in [3.8, 4) is 5.75 Å². The molecule has 1 aromatic carbocycles. The fraction of sp³-hybridized carbons (Fsp3) is 0.333. The van der Waals surface area contributed by atoms with Crippen LogP contribution in [0.4, 0.5) is 11.5 Å². The largest absolute Gasteiger partial charge is 0.506 e. The number of nitrogens with zero attached hydrogens (tertiary/aromatic N) is 3. The second kappa shape index (κ2) is 5.00. The molecule has 2 heterocycles. The number of hydrogen-bond acceptors (Lipinski definition) is 5. The zero-order valence-corrected chi connectivity index (χ0v) is 11.7. The SMILES string of the molecule is Cc1ncc2c(n1)N(C)CCC2Nc1ccccc1O. The lowest BCUT2D eigenvalue weighted by atomic mass is 10.0. The molecule has 1 aliphatic rings. The van der Waals surface area contributed by atoms with Gasteiger partial charge in [0, 0.05) is 25.4 Å². The molecular formula is C15H18N4O. The Morgan fingerprint density at radius 1 is 1.35 bits per heavy atom. The Hall–Kier alpha value is -2.30. The molecule has 1 aromatic heterocycles. The summed E-state index contributed by atoms with van der Waals surface area (Å²) in [5.74, 6) is 2.01. The van der Waals surface area contributed by atoms with Gasteiger partial charge in [0.05, 0.1) is 11.7 Å². The summed E-state index contributed by atoms with van der Waals surface area (Å²) in [4.78, 5) is 11.0. The Morgan fingerprint density at radius 2 is 2.15 bits per heavy atom. The van der Waals surface area contributed by atoms with Crippen LogP contribution >= 0.6 is 0 Å². The van der Waals surface area contributed by atoms with Crippen LogP contribution in [-0.4, -0.2) is 28.7 Å². The molecule has 0 amide bonds. The second-order valence-electron chi connectivity index (χ2n) is 5.12. The number of aromatic hydroxyl groups is 1. The molecule has 3 rings (SSSR count). The first-order chi connectivity index (χ1) is 9.65. The van der Waals surface area contributed by atoms with Gasteiger partial charge in [0.2, 0.25) is 0 Å². The highest BCUT2D eigenvalue weighted by molar-refractivity contribution is 5.59. The summed E-state index contributed by atoms with van der Waals surface area (Å²) in [5, 5.41) is 13.3. The topological polar surface area (TPSA) is 61.3 Å². The van der Waals surface area contributed by atoms with Crippen LogP contribution in [0.1, 0.15) is 23.9 Å². The van der Waals surface area contributed by atoms with E-state index in [1.54, 1.807) is 6.07 Å². The molecule has 1 aliphatic heterocycles. The summed E-state index contributed by atoms with van der Waals surface area (Å²) in [6.07, 6.45) is 2.83. The van der Waals surface area contributed by atoms with Crippen molar-refractivity contribution in [2.45, 2.75) is 19.4 Å². The number of rotatable bonds is 2. The first kappa shape index (κ1) is 12.7. The highest BCUT2D eigenvalue weighted by atomic mass is 16.3. The first-order valence-corrected chi connectivity index (χ1v) is 6.74. The van der Waals surface area contributed by atoms with E-state index in [1.807, 2.05) is 38.4 Å². The maximum Gasteiger partial charge on any atom is 0.138 e. The van der Waals surface area contributed by atoms with Gasteiger partial charge in [-0.1, -0.05) is 12.1 Å². The molecule has 104 valence electrons. The molecule has 5 nitrogen and oxygen atoms in total. The predicted octanol–water partition coefficient (Wildman–Crippen LogP) is 2.48. The Bertz CT molecular complexity index is 629. The van der Waals surface area contributed by atoms with Crippen LogP contribution in [0.15, 0.2) is 30.5 Å². The number of nitrogens with one attached hydrogen (secondary N) is 1. The average molecular weight is 270 g/mol. The summed E-state index contributed by atoms with van der Waals surface area (Å²) in [7, 11) is 2.04. The third-order valence-corrected chi connectivity index (χ3v) is 3.64. The van der Waals surface area contributed by atoms with Crippen molar-refractivity contribution in [2.75, 3.05) is 23.8 Å². The van der Waals surface area contributed by atoms with E-state index < -0.39 is 0 Å². The summed E-state index contributed by atoms with van der Waals surface area (Å²) in [6, 6.07) is 7.40. The minimum atomic E-state index is 0.120. The predicted molar refractivity (Wildman–Crippen MR) is 79.1 cm³/mol. The zero-order valence-electron chi connectivity index (χ0n) is 11.7. The molecule has 2 N–H and O–H groups in total. The summed E-state index contributed by atoms with van der Waals surface area (Å²) in [6.45, 7) is 2.82. The van der Waals surface area contributed by atoms with Crippen LogP contribution in [0.3, 0.4) is 0 Å². The van der Waals surface area contributed by atoms with Crippen molar-refractivity contribution in [1.29, 1.82) is 0 Å². The van der Waals surface area contributed by atoms with Gasteiger partial charge in [-0.15, -0.1) is 0 Å². The number of fused-ring (bicyclic) bond motifs is 1. The van der Waals surface area contributed by atoms with Crippen molar-refractivity contribution in [1.82, 2.24) is 9.97 Å². The van der Waals surface area contributed by atoms with Gasteiger partial charge in [-0.25, -0.2) is 9.97 Å². The highest BCUT2D eigenvalue weighted by Crippen LogP contribution is 2.35. The zero-order chi connectivity index (χ0) is 14.1. The molecule has 0 aliphatic carbocycles. The first-order valence-electron chi connectivity index (χ1n) is 6.74. The van der Waals surface area contributed by atoms with Gasteiger partial charge >= 0.3 is 0 Å². The monoisotopic (exact) mass is 270 g/mol. The van der Waals surface area contributed by atoms with Crippen molar-refractivity contribution in [2.24, 2.45) is 0 Å². The quantitative estimate of drug-likeness (QED) is 0.821. The van der Waals surface area contributed by atoms with Crippen LogP contribution in [0.2, 0.25) is 0 Å². The normalized spacial score (nSPS) is 17.7. The van der Waals surface area contributed by atoms with E-state index in [9.17, 15) is 5.11 Å². The van der Waals surface area contributed by atoms with Gasteiger partial charge in [-0.2, -0.15) is 0 Å².